The van der Waals surface area contributed by atoms with Crippen molar-refractivity contribution < 1.29 is 12.8 Å². The lowest BCUT2D eigenvalue weighted by atomic mass is 10.1. The van der Waals surface area contributed by atoms with Crippen LogP contribution in [0.3, 0.4) is 0 Å². The zero-order chi connectivity index (χ0) is 17.9. The first-order chi connectivity index (χ1) is 12.0. The molecule has 1 aliphatic heterocycles. The number of aromatic nitrogens is 1. The molecule has 1 aromatic carbocycles. The topological polar surface area (TPSA) is 86.3 Å². The minimum Gasteiger partial charge on any atom is -0.361 e. The van der Waals surface area contributed by atoms with Crippen LogP contribution in [0.1, 0.15) is 18.9 Å². The van der Waals surface area contributed by atoms with Crippen molar-refractivity contribution in [3.63, 3.8) is 0 Å². The maximum absolute atomic E-state index is 13.4. The Morgan fingerprint density at radius 1 is 1.42 bits per heavy atom. The molecule has 0 aliphatic carbocycles. The largest absolute Gasteiger partial charge is 0.361 e. The molecule has 1 fully saturated rings. The Hall–Kier alpha value is -1.36. The van der Waals surface area contributed by atoms with E-state index in [1.54, 1.807) is 6.07 Å². The third-order valence-corrected chi connectivity index (χ3v) is 6.07. The zero-order valence-corrected chi connectivity index (χ0v) is 17.7. The number of nitrogens with one attached hydrogen (secondary N) is 3. The minimum atomic E-state index is -2.93. The molecular weight excluding hydrogens is 470 g/mol. The molecule has 6 nitrogen and oxygen atoms in total. The lowest BCUT2D eigenvalue weighted by Crippen LogP contribution is -2.44. The van der Waals surface area contributed by atoms with Crippen molar-refractivity contribution >= 4 is 50.7 Å². The van der Waals surface area contributed by atoms with Gasteiger partial charge in [-0.25, -0.2) is 12.8 Å². The summed E-state index contributed by atoms with van der Waals surface area (Å²) in [4.78, 5) is 7.65. The molecule has 3 rings (SSSR count). The molecule has 1 aliphatic rings. The smallest absolute Gasteiger partial charge is 0.191 e. The zero-order valence-electron chi connectivity index (χ0n) is 14.6. The van der Waals surface area contributed by atoms with Crippen LogP contribution in [0.4, 0.5) is 4.39 Å². The summed E-state index contributed by atoms with van der Waals surface area (Å²) in [5.74, 6) is 0.745. The van der Waals surface area contributed by atoms with Gasteiger partial charge in [0.15, 0.2) is 15.8 Å². The van der Waals surface area contributed by atoms with Gasteiger partial charge in [0.05, 0.1) is 11.5 Å². The summed E-state index contributed by atoms with van der Waals surface area (Å²) in [6, 6.07) is 4.59. The average Bonchev–Trinajstić information content (AvgIpc) is 3.10. The maximum atomic E-state index is 13.4. The molecule has 0 bridgehead atoms. The van der Waals surface area contributed by atoms with E-state index in [9.17, 15) is 12.8 Å². The number of sulfone groups is 1. The summed E-state index contributed by atoms with van der Waals surface area (Å²) in [5.41, 5.74) is 1.92. The standard InChI is InChI=1S/C17H23FN4O2S.HI/c1-2-19-17(22-14-6-8-25(23,24)11-14)20-7-5-12-10-21-16-4-3-13(18)9-15(12)16;/h3-4,9-10,14,21H,2,5-8,11H2,1H3,(H2,19,20,22);1H. The molecular formula is C17H24FIN4O2S. The Morgan fingerprint density at radius 2 is 2.23 bits per heavy atom. The van der Waals surface area contributed by atoms with Crippen molar-refractivity contribution in [3.05, 3.63) is 35.8 Å². The van der Waals surface area contributed by atoms with Crippen LogP contribution in [0.15, 0.2) is 29.4 Å². The molecule has 26 heavy (non-hydrogen) atoms. The molecule has 2 aromatic rings. The number of hydrogen-bond acceptors (Lipinski definition) is 3. The van der Waals surface area contributed by atoms with Crippen LogP contribution in [0.5, 0.6) is 0 Å². The highest BCUT2D eigenvalue weighted by Gasteiger charge is 2.28. The van der Waals surface area contributed by atoms with Crippen LogP contribution in [-0.2, 0) is 16.3 Å². The number of aliphatic imine (C=N–C) groups is 1. The lowest BCUT2D eigenvalue weighted by Gasteiger charge is -2.15. The SMILES string of the molecule is CCNC(=NCCc1c[nH]c2ccc(F)cc12)NC1CCS(=O)(=O)C1.I. The molecule has 0 spiro atoms. The summed E-state index contributed by atoms with van der Waals surface area (Å²) in [6.45, 7) is 3.19. The predicted octanol–water partition coefficient (Wildman–Crippen LogP) is 2.21. The molecule has 1 saturated heterocycles. The van der Waals surface area contributed by atoms with E-state index in [-0.39, 0.29) is 47.3 Å². The fraction of sp³-hybridized carbons (Fsp3) is 0.471. The fourth-order valence-corrected chi connectivity index (χ4v) is 4.74. The number of hydrogen-bond donors (Lipinski definition) is 3. The second-order valence-corrected chi connectivity index (χ2v) is 8.49. The highest BCUT2D eigenvalue weighted by atomic mass is 127. The van der Waals surface area contributed by atoms with Gasteiger partial charge in [0.1, 0.15) is 5.82 Å². The molecule has 1 aromatic heterocycles. The Kier molecular flexibility index (Phi) is 7.27. The van der Waals surface area contributed by atoms with Gasteiger partial charge in [0, 0.05) is 36.2 Å². The first-order valence-electron chi connectivity index (χ1n) is 8.47. The van der Waals surface area contributed by atoms with E-state index in [2.05, 4.69) is 20.6 Å². The summed E-state index contributed by atoms with van der Waals surface area (Å²) >= 11 is 0. The van der Waals surface area contributed by atoms with E-state index >= 15 is 0 Å². The van der Waals surface area contributed by atoms with Crippen molar-refractivity contribution in [2.24, 2.45) is 4.99 Å². The van der Waals surface area contributed by atoms with E-state index in [1.807, 2.05) is 13.1 Å². The van der Waals surface area contributed by atoms with Crippen LogP contribution in [-0.4, -0.2) is 50.0 Å². The normalized spacial score (nSPS) is 19.3. The maximum Gasteiger partial charge on any atom is 0.191 e. The Balaban J connectivity index is 0.00000243. The molecule has 3 N–H and O–H groups in total. The van der Waals surface area contributed by atoms with Gasteiger partial charge in [0.2, 0.25) is 0 Å². The number of aromatic amines is 1. The number of guanidine groups is 1. The molecule has 1 unspecified atom stereocenters. The Labute approximate surface area is 170 Å². The van der Waals surface area contributed by atoms with Gasteiger partial charge in [-0.3, -0.25) is 4.99 Å². The van der Waals surface area contributed by atoms with Gasteiger partial charge in [-0.05, 0) is 43.5 Å². The number of nitrogens with zero attached hydrogens (tertiary/aromatic N) is 1. The molecule has 0 radical (unpaired) electrons. The van der Waals surface area contributed by atoms with Gasteiger partial charge in [-0.2, -0.15) is 0 Å². The average molecular weight is 494 g/mol. The van der Waals surface area contributed by atoms with Gasteiger partial charge >= 0.3 is 0 Å². The van der Waals surface area contributed by atoms with Crippen LogP contribution in [0, 0.1) is 5.82 Å². The summed E-state index contributed by atoms with van der Waals surface area (Å²) in [5, 5.41) is 7.20. The van der Waals surface area contributed by atoms with Crippen molar-refractivity contribution in [2.75, 3.05) is 24.6 Å². The molecule has 2 heterocycles. The Morgan fingerprint density at radius 3 is 2.92 bits per heavy atom. The summed E-state index contributed by atoms with van der Waals surface area (Å²) in [6.07, 6.45) is 3.15. The van der Waals surface area contributed by atoms with Crippen LogP contribution >= 0.6 is 24.0 Å². The van der Waals surface area contributed by atoms with E-state index in [4.69, 9.17) is 0 Å². The second-order valence-electron chi connectivity index (χ2n) is 6.26. The molecule has 0 saturated carbocycles. The number of benzene rings is 1. The van der Waals surface area contributed by atoms with Gasteiger partial charge < -0.3 is 15.6 Å². The minimum absolute atomic E-state index is 0. The summed E-state index contributed by atoms with van der Waals surface area (Å²) < 4.78 is 36.6. The molecule has 9 heteroatoms. The lowest BCUT2D eigenvalue weighted by molar-refractivity contribution is 0.599. The number of fused-ring (bicyclic) bond motifs is 1. The molecule has 144 valence electrons. The highest BCUT2D eigenvalue weighted by Crippen LogP contribution is 2.19. The van der Waals surface area contributed by atoms with Crippen LogP contribution < -0.4 is 10.6 Å². The van der Waals surface area contributed by atoms with Crippen molar-refractivity contribution in [2.45, 2.75) is 25.8 Å². The third kappa shape index (κ3) is 5.32. The highest BCUT2D eigenvalue weighted by molar-refractivity contribution is 14.0. The third-order valence-electron chi connectivity index (χ3n) is 4.30. The second kappa shape index (κ2) is 9.03. The van der Waals surface area contributed by atoms with Crippen molar-refractivity contribution in [1.29, 1.82) is 0 Å². The predicted molar refractivity (Wildman–Crippen MR) is 114 cm³/mol. The number of halogens is 2. The monoisotopic (exact) mass is 494 g/mol. The fourth-order valence-electron chi connectivity index (χ4n) is 3.07. The first kappa shape index (κ1) is 20.9. The van der Waals surface area contributed by atoms with Gasteiger partial charge in [0.25, 0.3) is 0 Å². The van der Waals surface area contributed by atoms with Crippen LogP contribution in [0.2, 0.25) is 0 Å². The number of rotatable bonds is 5. The van der Waals surface area contributed by atoms with E-state index in [0.717, 1.165) is 16.5 Å². The van der Waals surface area contributed by atoms with Gasteiger partial charge in [-0.15, -0.1) is 24.0 Å². The quantitative estimate of drug-likeness (QED) is 0.338. The number of H-pyrrole nitrogens is 1. The Bertz CT molecular complexity index is 882. The van der Waals surface area contributed by atoms with E-state index in [1.165, 1.54) is 12.1 Å². The van der Waals surface area contributed by atoms with Crippen LogP contribution in [0.25, 0.3) is 10.9 Å². The summed E-state index contributed by atoms with van der Waals surface area (Å²) in [7, 11) is -2.93. The van der Waals surface area contributed by atoms with E-state index < -0.39 is 9.84 Å². The van der Waals surface area contributed by atoms with E-state index in [0.29, 0.717) is 31.9 Å². The molecule has 1 atom stereocenters. The van der Waals surface area contributed by atoms with Gasteiger partial charge in [-0.1, -0.05) is 0 Å². The van der Waals surface area contributed by atoms with Crippen molar-refractivity contribution in [3.8, 4) is 0 Å². The van der Waals surface area contributed by atoms with Crippen molar-refractivity contribution in [1.82, 2.24) is 15.6 Å². The molecule has 0 amide bonds. The first-order valence-corrected chi connectivity index (χ1v) is 10.3.